The Bertz CT molecular complexity index is 2760. The number of fused-ring (bicyclic) bond motifs is 7. The minimum absolute atomic E-state index is 0.0694. The highest BCUT2D eigenvalue weighted by molar-refractivity contribution is 6.12. The first kappa shape index (κ1) is 32.6. The first-order valence-electron chi connectivity index (χ1n) is 18.5. The molecule has 1 heteroatoms. The highest BCUT2D eigenvalue weighted by atomic mass is 14.7. The van der Waals surface area contributed by atoms with Crippen molar-refractivity contribution in [1.29, 1.82) is 0 Å². The van der Waals surface area contributed by atoms with Crippen molar-refractivity contribution in [1.82, 2.24) is 4.98 Å². The summed E-state index contributed by atoms with van der Waals surface area (Å²) in [6.45, 7) is 13.7. The van der Waals surface area contributed by atoms with Gasteiger partial charge in [0.05, 0.1) is 11.0 Å². The van der Waals surface area contributed by atoms with E-state index < -0.39 is 0 Å². The molecule has 8 aromatic carbocycles. The predicted octanol–water partition coefficient (Wildman–Crippen LogP) is 13.3. The molecular weight excluding hydrogens is 639 g/mol. The Morgan fingerprint density at radius 3 is 1.00 bits per heavy atom. The van der Waals surface area contributed by atoms with E-state index in [2.05, 4.69) is 204 Å². The van der Waals surface area contributed by atoms with Gasteiger partial charge in [-0.3, -0.25) is 0 Å². The lowest BCUT2D eigenvalue weighted by molar-refractivity contribution is 0.590. The number of hydrogen-bond acceptors (Lipinski definition) is 0. The van der Waals surface area contributed by atoms with Crippen molar-refractivity contribution in [2.45, 2.75) is 52.4 Å². The zero-order chi connectivity index (χ0) is 36.5. The van der Waals surface area contributed by atoms with Crippen molar-refractivity contribution in [3.05, 3.63) is 167 Å². The summed E-state index contributed by atoms with van der Waals surface area (Å²) in [6.07, 6.45) is 0. The maximum Gasteiger partial charge on any atom is 0.0624 e. The Morgan fingerprint density at radius 2 is 0.679 bits per heavy atom. The van der Waals surface area contributed by atoms with Gasteiger partial charge in [-0.15, -0.1) is 0 Å². The molecule has 0 saturated carbocycles. The topological polar surface area (TPSA) is 15.8 Å². The summed E-state index contributed by atoms with van der Waals surface area (Å²) in [5.74, 6) is 14.8. The predicted molar refractivity (Wildman–Crippen MR) is 228 cm³/mol. The number of nitrogens with one attached hydrogen (secondary N) is 1. The van der Waals surface area contributed by atoms with E-state index in [0.29, 0.717) is 0 Å². The first-order valence-corrected chi connectivity index (χ1v) is 18.5. The highest BCUT2D eigenvalue weighted by Gasteiger charge is 2.22. The van der Waals surface area contributed by atoms with Crippen LogP contribution in [0.4, 0.5) is 0 Å². The summed E-state index contributed by atoms with van der Waals surface area (Å²) >= 11 is 0. The van der Waals surface area contributed by atoms with Crippen LogP contribution < -0.4 is 0 Å². The maximum absolute atomic E-state index is 3.89. The summed E-state index contributed by atoms with van der Waals surface area (Å²) in [6, 6.07) is 48.2. The molecule has 0 spiro atoms. The summed E-state index contributed by atoms with van der Waals surface area (Å²) in [5.41, 5.74) is 8.60. The number of H-pyrrole nitrogens is 1. The molecule has 254 valence electrons. The van der Waals surface area contributed by atoms with E-state index in [4.69, 9.17) is 0 Å². The molecule has 1 aromatic heterocycles. The molecule has 0 radical (unpaired) electrons. The number of aromatic amines is 1. The normalized spacial score (nSPS) is 12.0. The molecule has 0 fully saturated rings. The second-order valence-corrected chi connectivity index (χ2v) is 16.4. The van der Waals surface area contributed by atoms with E-state index in [1.165, 1.54) is 65.0 Å². The van der Waals surface area contributed by atoms with Crippen LogP contribution in [0.5, 0.6) is 0 Å². The third-order valence-electron chi connectivity index (χ3n) is 10.7. The van der Waals surface area contributed by atoms with Gasteiger partial charge < -0.3 is 4.98 Å². The third kappa shape index (κ3) is 5.71. The standard InChI is InChI=1S/C52H41N/c1-51(2,3)39-29-37(23-25-45-41-19-11-7-15-33(41)27-34-16-8-12-20-42(34)45)49-47(31-39)48-32-40(52(4,5)6)30-38(50(48)53-49)24-26-46-43-21-13-9-17-35(43)28-36-18-10-14-22-44(36)46/h7-22,27-32,53H,1-6H3. The van der Waals surface area contributed by atoms with Gasteiger partial charge in [0.15, 0.2) is 0 Å². The Kier molecular flexibility index (Phi) is 7.48. The second-order valence-electron chi connectivity index (χ2n) is 16.4. The average molecular weight is 680 g/mol. The zero-order valence-corrected chi connectivity index (χ0v) is 31.2. The molecule has 0 atom stereocenters. The lowest BCUT2D eigenvalue weighted by Gasteiger charge is -2.20. The maximum atomic E-state index is 3.89. The summed E-state index contributed by atoms with van der Waals surface area (Å²) in [7, 11) is 0. The van der Waals surface area contributed by atoms with Crippen LogP contribution in [-0.2, 0) is 10.8 Å². The smallest absolute Gasteiger partial charge is 0.0624 e. The first-order chi connectivity index (χ1) is 25.5. The number of benzene rings is 8. The van der Waals surface area contributed by atoms with Gasteiger partial charge in [-0.2, -0.15) is 0 Å². The summed E-state index contributed by atoms with van der Waals surface area (Å²) in [5, 5.41) is 11.9. The number of hydrogen-bond donors (Lipinski definition) is 1. The lowest BCUT2D eigenvalue weighted by atomic mass is 9.83. The molecule has 1 heterocycles. The Morgan fingerprint density at radius 1 is 0.358 bits per heavy atom. The quantitative estimate of drug-likeness (QED) is 0.121. The van der Waals surface area contributed by atoms with Gasteiger partial charge >= 0.3 is 0 Å². The van der Waals surface area contributed by atoms with Crippen LogP contribution in [0.15, 0.2) is 133 Å². The Balaban J connectivity index is 1.33. The minimum Gasteiger partial charge on any atom is -0.352 e. The largest absolute Gasteiger partial charge is 0.352 e. The van der Waals surface area contributed by atoms with E-state index in [1.54, 1.807) is 0 Å². The molecule has 0 aliphatic heterocycles. The van der Waals surface area contributed by atoms with Crippen LogP contribution in [-0.4, -0.2) is 4.98 Å². The SMILES string of the molecule is CC(C)(C)c1cc(C#Cc2c3ccccc3cc3ccccc23)c2[nH]c3c(C#Cc4c5ccccc5cc5ccccc45)cc(C(C)(C)C)cc3c2c1. The third-order valence-corrected chi connectivity index (χ3v) is 10.7. The fraction of sp³-hybridized carbons (Fsp3) is 0.154. The molecule has 0 aliphatic carbocycles. The molecule has 0 amide bonds. The monoisotopic (exact) mass is 679 g/mol. The zero-order valence-electron chi connectivity index (χ0n) is 31.2. The number of rotatable bonds is 0. The average Bonchev–Trinajstić information content (AvgIpc) is 3.53. The molecule has 9 rings (SSSR count). The lowest BCUT2D eigenvalue weighted by Crippen LogP contribution is -2.11. The van der Waals surface area contributed by atoms with Crippen LogP contribution in [0, 0.1) is 23.7 Å². The van der Waals surface area contributed by atoms with Gasteiger partial charge in [-0.05, 0) is 101 Å². The second kappa shape index (κ2) is 12.2. The van der Waals surface area contributed by atoms with Crippen molar-refractivity contribution < 1.29 is 0 Å². The van der Waals surface area contributed by atoms with E-state index in [0.717, 1.165) is 33.3 Å². The van der Waals surface area contributed by atoms with E-state index in [1.807, 2.05) is 0 Å². The van der Waals surface area contributed by atoms with Gasteiger partial charge in [-0.25, -0.2) is 0 Å². The van der Waals surface area contributed by atoms with E-state index in [-0.39, 0.29) is 10.8 Å². The molecular formula is C52H41N. The van der Waals surface area contributed by atoms with Crippen LogP contribution in [0.1, 0.15) is 74.9 Å². The Hall–Kier alpha value is -6.28. The van der Waals surface area contributed by atoms with Gasteiger partial charge in [0.2, 0.25) is 0 Å². The number of aromatic nitrogens is 1. The molecule has 9 aromatic rings. The molecule has 53 heavy (non-hydrogen) atoms. The Labute approximate surface area is 311 Å². The van der Waals surface area contributed by atoms with Gasteiger partial charge in [0.25, 0.3) is 0 Å². The van der Waals surface area contributed by atoms with Crippen LogP contribution >= 0.6 is 0 Å². The van der Waals surface area contributed by atoms with Crippen LogP contribution in [0.25, 0.3) is 64.9 Å². The van der Waals surface area contributed by atoms with Crippen molar-refractivity contribution >= 4 is 64.9 Å². The minimum atomic E-state index is -0.0694. The fourth-order valence-corrected chi connectivity index (χ4v) is 7.72. The summed E-state index contributed by atoms with van der Waals surface area (Å²) < 4.78 is 0. The molecule has 0 bridgehead atoms. The van der Waals surface area contributed by atoms with Crippen LogP contribution in [0.2, 0.25) is 0 Å². The van der Waals surface area contributed by atoms with Gasteiger partial charge in [-0.1, -0.05) is 162 Å². The van der Waals surface area contributed by atoms with E-state index in [9.17, 15) is 0 Å². The van der Waals surface area contributed by atoms with Crippen LogP contribution in [0.3, 0.4) is 0 Å². The van der Waals surface area contributed by atoms with Crippen molar-refractivity contribution in [2.75, 3.05) is 0 Å². The van der Waals surface area contributed by atoms with E-state index >= 15 is 0 Å². The molecule has 1 N–H and O–H groups in total. The molecule has 0 unspecified atom stereocenters. The summed E-state index contributed by atoms with van der Waals surface area (Å²) in [4.78, 5) is 3.89. The molecule has 1 nitrogen and oxygen atoms in total. The van der Waals surface area contributed by atoms with Gasteiger partial charge in [0.1, 0.15) is 0 Å². The van der Waals surface area contributed by atoms with Gasteiger partial charge in [0, 0.05) is 33.0 Å². The van der Waals surface area contributed by atoms with Crippen molar-refractivity contribution in [2.24, 2.45) is 0 Å². The fourth-order valence-electron chi connectivity index (χ4n) is 7.72. The molecule has 0 aliphatic rings. The van der Waals surface area contributed by atoms with Crippen molar-refractivity contribution in [3.63, 3.8) is 0 Å². The molecule has 0 saturated heterocycles. The van der Waals surface area contributed by atoms with Crippen molar-refractivity contribution in [3.8, 4) is 23.7 Å². The highest BCUT2D eigenvalue weighted by Crippen LogP contribution is 2.38.